The van der Waals surface area contributed by atoms with E-state index in [2.05, 4.69) is 5.32 Å². The molecule has 4 rings (SSSR count). The maximum Gasteiger partial charge on any atom is 0.234 e. The third kappa shape index (κ3) is 5.18. The molecule has 0 aliphatic rings. The first-order valence-electron chi connectivity index (χ1n) is 10.2. The number of amides is 1. The first-order chi connectivity index (χ1) is 15.7. The third-order valence-electron chi connectivity index (χ3n) is 4.67. The van der Waals surface area contributed by atoms with Gasteiger partial charge in [-0.25, -0.2) is 9.97 Å². The second-order valence-electron chi connectivity index (χ2n) is 6.90. The van der Waals surface area contributed by atoms with Crippen LogP contribution in [0.1, 0.15) is 6.92 Å². The first-order valence-corrected chi connectivity index (χ1v) is 11.2. The van der Waals surface area contributed by atoms with E-state index in [1.165, 1.54) is 11.8 Å². The molecule has 0 saturated carbocycles. The number of hydrogen-bond donors (Lipinski definition) is 1. The smallest absolute Gasteiger partial charge is 0.234 e. The minimum atomic E-state index is -0.125. The number of anilines is 1. The number of rotatable bonds is 8. The van der Waals surface area contributed by atoms with E-state index in [1.54, 1.807) is 7.11 Å². The number of benzene rings is 3. The highest BCUT2D eigenvalue weighted by Crippen LogP contribution is 2.31. The van der Waals surface area contributed by atoms with Crippen molar-refractivity contribution in [2.45, 2.75) is 11.9 Å². The maximum absolute atomic E-state index is 12.6. The van der Waals surface area contributed by atoms with E-state index >= 15 is 0 Å². The summed E-state index contributed by atoms with van der Waals surface area (Å²) >= 11 is 1.37. The topological polar surface area (TPSA) is 73.3 Å². The molecule has 1 amide bonds. The average molecular weight is 446 g/mol. The van der Waals surface area contributed by atoms with Crippen molar-refractivity contribution in [2.24, 2.45) is 0 Å². The Bertz CT molecular complexity index is 1230. The molecule has 7 heteroatoms. The van der Waals surface area contributed by atoms with Gasteiger partial charge in [0.05, 0.1) is 25.0 Å². The summed E-state index contributed by atoms with van der Waals surface area (Å²) in [6.07, 6.45) is 0. The van der Waals surface area contributed by atoms with Gasteiger partial charge >= 0.3 is 0 Å². The molecule has 0 saturated heterocycles. The van der Waals surface area contributed by atoms with Crippen molar-refractivity contribution in [3.05, 3.63) is 72.8 Å². The largest absolute Gasteiger partial charge is 0.497 e. The molecule has 4 aromatic rings. The quantitative estimate of drug-likeness (QED) is 0.288. The minimum Gasteiger partial charge on any atom is -0.497 e. The second-order valence-corrected chi connectivity index (χ2v) is 7.86. The zero-order valence-electron chi connectivity index (χ0n) is 17.9. The molecule has 0 aliphatic carbocycles. The monoisotopic (exact) mass is 445 g/mol. The molecule has 0 fully saturated rings. The van der Waals surface area contributed by atoms with Gasteiger partial charge in [-0.05, 0) is 37.3 Å². The fraction of sp³-hybridized carbons (Fsp3) is 0.160. The summed E-state index contributed by atoms with van der Waals surface area (Å²) in [6, 6.07) is 22.8. The Morgan fingerprint density at radius 1 is 0.969 bits per heavy atom. The van der Waals surface area contributed by atoms with Crippen LogP contribution in [0.15, 0.2) is 77.8 Å². The van der Waals surface area contributed by atoms with Crippen LogP contribution in [0.3, 0.4) is 0 Å². The van der Waals surface area contributed by atoms with E-state index in [0.717, 1.165) is 27.2 Å². The summed E-state index contributed by atoms with van der Waals surface area (Å²) < 4.78 is 10.9. The van der Waals surface area contributed by atoms with E-state index in [1.807, 2.05) is 79.7 Å². The lowest BCUT2D eigenvalue weighted by molar-refractivity contribution is -0.113. The number of fused-ring (bicyclic) bond motifs is 1. The van der Waals surface area contributed by atoms with Crippen LogP contribution in [-0.4, -0.2) is 35.3 Å². The van der Waals surface area contributed by atoms with E-state index in [9.17, 15) is 4.79 Å². The van der Waals surface area contributed by atoms with Gasteiger partial charge in [0.2, 0.25) is 5.91 Å². The number of aromatic nitrogens is 2. The van der Waals surface area contributed by atoms with Crippen LogP contribution < -0.4 is 14.8 Å². The van der Waals surface area contributed by atoms with Crippen LogP contribution in [0.5, 0.6) is 11.5 Å². The molecule has 162 valence electrons. The van der Waals surface area contributed by atoms with Gasteiger partial charge in [-0.2, -0.15) is 0 Å². The fourth-order valence-electron chi connectivity index (χ4n) is 3.19. The zero-order chi connectivity index (χ0) is 22.3. The Hall–Kier alpha value is -3.58. The van der Waals surface area contributed by atoms with Gasteiger partial charge in [0.25, 0.3) is 0 Å². The lowest BCUT2D eigenvalue weighted by Gasteiger charge is -2.11. The van der Waals surface area contributed by atoms with Crippen LogP contribution in [0, 0.1) is 0 Å². The van der Waals surface area contributed by atoms with Gasteiger partial charge in [-0.1, -0.05) is 48.2 Å². The lowest BCUT2D eigenvalue weighted by Crippen LogP contribution is -2.14. The Kier molecular flexibility index (Phi) is 6.87. The van der Waals surface area contributed by atoms with Gasteiger partial charge in [0.1, 0.15) is 16.5 Å². The summed E-state index contributed by atoms with van der Waals surface area (Å²) in [5.74, 6) is 2.14. The molecule has 0 aliphatic heterocycles. The van der Waals surface area contributed by atoms with Gasteiger partial charge in [0.15, 0.2) is 5.82 Å². The molecular weight excluding hydrogens is 422 g/mol. The maximum atomic E-state index is 12.6. The van der Waals surface area contributed by atoms with Crippen molar-refractivity contribution in [1.29, 1.82) is 0 Å². The Labute approximate surface area is 191 Å². The number of hydrogen-bond acceptors (Lipinski definition) is 6. The van der Waals surface area contributed by atoms with Crippen molar-refractivity contribution < 1.29 is 14.3 Å². The zero-order valence-corrected chi connectivity index (χ0v) is 18.7. The van der Waals surface area contributed by atoms with Gasteiger partial charge in [-0.3, -0.25) is 4.79 Å². The highest BCUT2D eigenvalue weighted by Gasteiger charge is 2.13. The standard InChI is InChI=1S/C25H23N3O3S/c1-3-31-20-11-7-10-18(14-20)26-23(29)16-32-25-21-15-19(30-2)12-13-22(21)27-24(28-25)17-8-5-4-6-9-17/h4-15H,3,16H2,1-2H3,(H,26,29). The van der Waals surface area contributed by atoms with Crippen molar-refractivity contribution in [1.82, 2.24) is 9.97 Å². The molecule has 1 aromatic heterocycles. The summed E-state index contributed by atoms with van der Waals surface area (Å²) in [4.78, 5) is 22.1. The molecule has 1 heterocycles. The molecule has 0 unspecified atom stereocenters. The average Bonchev–Trinajstić information content (AvgIpc) is 2.83. The fourth-order valence-corrected chi connectivity index (χ4v) is 4.00. The SMILES string of the molecule is CCOc1cccc(NC(=O)CSc2nc(-c3ccccc3)nc3ccc(OC)cc23)c1. The Balaban J connectivity index is 1.58. The molecule has 1 N–H and O–H groups in total. The van der Waals surface area contributed by atoms with E-state index in [0.29, 0.717) is 23.9 Å². The van der Waals surface area contributed by atoms with E-state index in [4.69, 9.17) is 19.4 Å². The van der Waals surface area contributed by atoms with E-state index in [-0.39, 0.29) is 11.7 Å². The molecular formula is C25H23N3O3S. The van der Waals surface area contributed by atoms with Crippen molar-refractivity contribution in [3.8, 4) is 22.9 Å². The van der Waals surface area contributed by atoms with Gasteiger partial charge < -0.3 is 14.8 Å². The second kappa shape index (κ2) is 10.2. The predicted octanol–water partition coefficient (Wildman–Crippen LogP) is 5.43. The predicted molar refractivity (Wildman–Crippen MR) is 128 cm³/mol. The number of carbonyl (C=O) groups excluding carboxylic acids is 1. The van der Waals surface area contributed by atoms with Crippen LogP contribution in [0.4, 0.5) is 5.69 Å². The van der Waals surface area contributed by atoms with Crippen LogP contribution in [-0.2, 0) is 4.79 Å². The molecule has 3 aromatic carbocycles. The number of methoxy groups -OCH3 is 1. The minimum absolute atomic E-state index is 0.125. The number of thioether (sulfide) groups is 1. The third-order valence-corrected chi connectivity index (χ3v) is 5.66. The molecule has 0 bridgehead atoms. The number of carbonyl (C=O) groups is 1. The van der Waals surface area contributed by atoms with Gasteiger partial charge in [-0.15, -0.1) is 0 Å². The summed E-state index contributed by atoms with van der Waals surface area (Å²) in [6.45, 7) is 2.49. The van der Waals surface area contributed by atoms with Crippen molar-refractivity contribution >= 4 is 34.3 Å². The molecule has 0 atom stereocenters. The van der Waals surface area contributed by atoms with Crippen LogP contribution in [0.2, 0.25) is 0 Å². The Morgan fingerprint density at radius 3 is 2.59 bits per heavy atom. The number of nitrogens with one attached hydrogen (secondary N) is 1. The summed E-state index contributed by atoms with van der Waals surface area (Å²) in [5.41, 5.74) is 2.41. The number of nitrogens with zero attached hydrogens (tertiary/aromatic N) is 2. The van der Waals surface area contributed by atoms with Crippen molar-refractivity contribution in [2.75, 3.05) is 24.8 Å². The first kappa shape index (κ1) is 21.6. The summed E-state index contributed by atoms with van der Waals surface area (Å²) in [5, 5.41) is 4.50. The van der Waals surface area contributed by atoms with Crippen LogP contribution >= 0.6 is 11.8 Å². The lowest BCUT2D eigenvalue weighted by atomic mass is 10.2. The molecule has 0 radical (unpaired) electrons. The highest BCUT2D eigenvalue weighted by atomic mass is 32.2. The Morgan fingerprint density at radius 2 is 1.81 bits per heavy atom. The summed E-state index contributed by atoms with van der Waals surface area (Å²) in [7, 11) is 1.62. The van der Waals surface area contributed by atoms with Crippen molar-refractivity contribution in [3.63, 3.8) is 0 Å². The molecule has 32 heavy (non-hydrogen) atoms. The van der Waals surface area contributed by atoms with Crippen LogP contribution in [0.25, 0.3) is 22.3 Å². The number of ether oxygens (including phenoxy) is 2. The van der Waals surface area contributed by atoms with E-state index < -0.39 is 0 Å². The molecule has 6 nitrogen and oxygen atoms in total. The normalized spacial score (nSPS) is 10.7. The van der Waals surface area contributed by atoms with Gasteiger partial charge in [0, 0.05) is 22.7 Å². The highest BCUT2D eigenvalue weighted by molar-refractivity contribution is 8.00. The molecule has 0 spiro atoms.